The lowest BCUT2D eigenvalue weighted by Gasteiger charge is -2.40. The molecule has 6 nitrogen and oxygen atoms in total. The molecule has 6 heteroatoms. The standard InChI is InChI=1S/C17H17N3O3/c1-21-13-5-2-4-12(10-13)14-7-8-20(14)11-16-18-17(19-23-16)15-6-3-9-22-15/h2-6,9-10,14H,7-8,11H2,1H3/t14-/m0/s1. The maximum atomic E-state index is 5.34. The lowest BCUT2D eigenvalue weighted by atomic mass is 9.94. The zero-order valence-electron chi connectivity index (χ0n) is 12.8. The van der Waals surface area contributed by atoms with Crippen molar-refractivity contribution in [2.24, 2.45) is 0 Å². The van der Waals surface area contributed by atoms with E-state index in [1.54, 1.807) is 19.4 Å². The van der Waals surface area contributed by atoms with Gasteiger partial charge in [-0.2, -0.15) is 4.98 Å². The van der Waals surface area contributed by atoms with E-state index in [2.05, 4.69) is 27.2 Å². The van der Waals surface area contributed by atoms with E-state index in [9.17, 15) is 0 Å². The molecule has 4 rings (SSSR count). The Hall–Kier alpha value is -2.60. The highest BCUT2D eigenvalue weighted by Crippen LogP contribution is 2.35. The van der Waals surface area contributed by atoms with Crippen molar-refractivity contribution in [1.82, 2.24) is 15.0 Å². The highest BCUT2D eigenvalue weighted by molar-refractivity contribution is 5.44. The minimum atomic E-state index is 0.365. The molecule has 0 spiro atoms. The highest BCUT2D eigenvalue weighted by atomic mass is 16.5. The van der Waals surface area contributed by atoms with Gasteiger partial charge in [0, 0.05) is 12.6 Å². The van der Waals surface area contributed by atoms with Crippen molar-refractivity contribution >= 4 is 0 Å². The topological polar surface area (TPSA) is 64.5 Å². The van der Waals surface area contributed by atoms with E-state index < -0.39 is 0 Å². The van der Waals surface area contributed by atoms with Crippen molar-refractivity contribution in [3.8, 4) is 17.3 Å². The van der Waals surface area contributed by atoms with E-state index in [-0.39, 0.29) is 0 Å². The third-order valence-corrected chi connectivity index (χ3v) is 4.16. The first-order chi connectivity index (χ1) is 11.3. The molecule has 118 valence electrons. The summed E-state index contributed by atoms with van der Waals surface area (Å²) in [6.07, 6.45) is 2.71. The fourth-order valence-corrected chi connectivity index (χ4v) is 2.85. The van der Waals surface area contributed by atoms with Crippen molar-refractivity contribution < 1.29 is 13.7 Å². The fourth-order valence-electron chi connectivity index (χ4n) is 2.85. The molecule has 23 heavy (non-hydrogen) atoms. The lowest BCUT2D eigenvalue weighted by Crippen LogP contribution is -2.40. The first kappa shape index (κ1) is 14.0. The molecule has 0 radical (unpaired) electrons. The van der Waals surface area contributed by atoms with Crippen LogP contribution >= 0.6 is 0 Å². The van der Waals surface area contributed by atoms with Gasteiger partial charge >= 0.3 is 0 Å². The van der Waals surface area contributed by atoms with Gasteiger partial charge in [0.25, 0.3) is 0 Å². The summed E-state index contributed by atoms with van der Waals surface area (Å²) in [5, 5.41) is 3.97. The summed E-state index contributed by atoms with van der Waals surface area (Å²) < 4.78 is 15.9. The van der Waals surface area contributed by atoms with Gasteiger partial charge in [-0.05, 0) is 36.2 Å². The van der Waals surface area contributed by atoms with Crippen LogP contribution in [0, 0.1) is 0 Å². The van der Waals surface area contributed by atoms with Gasteiger partial charge in [-0.3, -0.25) is 4.90 Å². The third-order valence-electron chi connectivity index (χ3n) is 4.16. The Morgan fingerprint density at radius 2 is 2.26 bits per heavy atom. The van der Waals surface area contributed by atoms with Crippen LogP contribution in [0.3, 0.4) is 0 Å². The highest BCUT2D eigenvalue weighted by Gasteiger charge is 2.31. The summed E-state index contributed by atoms with van der Waals surface area (Å²) in [5.41, 5.74) is 1.25. The van der Waals surface area contributed by atoms with Crippen LogP contribution < -0.4 is 4.74 Å². The second-order valence-corrected chi connectivity index (χ2v) is 5.54. The molecule has 1 aliphatic rings. The van der Waals surface area contributed by atoms with Crippen LogP contribution in [0.15, 0.2) is 51.6 Å². The van der Waals surface area contributed by atoms with E-state index in [0.29, 0.717) is 30.1 Å². The average molecular weight is 311 g/mol. The maximum Gasteiger partial charge on any atom is 0.241 e. The predicted octanol–water partition coefficient (Wildman–Crippen LogP) is 3.29. The van der Waals surface area contributed by atoms with E-state index in [4.69, 9.17) is 13.7 Å². The van der Waals surface area contributed by atoms with Gasteiger partial charge in [-0.15, -0.1) is 0 Å². The summed E-state index contributed by atoms with van der Waals surface area (Å²) >= 11 is 0. The average Bonchev–Trinajstić information content (AvgIpc) is 3.23. The van der Waals surface area contributed by atoms with Gasteiger partial charge in [0.15, 0.2) is 5.76 Å². The number of methoxy groups -OCH3 is 1. The Morgan fingerprint density at radius 3 is 3.00 bits per heavy atom. The minimum Gasteiger partial charge on any atom is -0.497 e. The molecule has 1 saturated heterocycles. The zero-order chi connectivity index (χ0) is 15.6. The largest absolute Gasteiger partial charge is 0.497 e. The van der Waals surface area contributed by atoms with Gasteiger partial charge in [-0.1, -0.05) is 17.3 Å². The monoisotopic (exact) mass is 311 g/mol. The number of aromatic nitrogens is 2. The second-order valence-electron chi connectivity index (χ2n) is 5.54. The molecule has 1 atom stereocenters. The molecule has 0 unspecified atom stereocenters. The number of rotatable bonds is 5. The van der Waals surface area contributed by atoms with Crippen LogP contribution in [0.25, 0.3) is 11.6 Å². The number of benzene rings is 1. The first-order valence-corrected chi connectivity index (χ1v) is 7.58. The molecular formula is C17H17N3O3. The van der Waals surface area contributed by atoms with Crippen molar-refractivity contribution in [1.29, 1.82) is 0 Å². The molecule has 1 aliphatic heterocycles. The maximum absolute atomic E-state index is 5.34. The van der Waals surface area contributed by atoms with Gasteiger partial charge in [-0.25, -0.2) is 0 Å². The van der Waals surface area contributed by atoms with Gasteiger partial charge in [0.05, 0.1) is 19.9 Å². The van der Waals surface area contributed by atoms with Crippen molar-refractivity contribution in [2.75, 3.05) is 13.7 Å². The number of hydrogen-bond acceptors (Lipinski definition) is 6. The molecule has 0 amide bonds. The predicted molar refractivity (Wildman–Crippen MR) is 82.8 cm³/mol. The van der Waals surface area contributed by atoms with Crippen LogP contribution in [-0.2, 0) is 6.54 Å². The van der Waals surface area contributed by atoms with Crippen LogP contribution in [0.4, 0.5) is 0 Å². The Kier molecular flexibility index (Phi) is 3.59. The Labute approximate surface area is 133 Å². The van der Waals surface area contributed by atoms with Crippen molar-refractivity contribution in [3.63, 3.8) is 0 Å². The number of furan rings is 1. The summed E-state index contributed by atoms with van der Waals surface area (Å²) in [5.74, 6) is 2.59. The number of nitrogens with zero attached hydrogens (tertiary/aromatic N) is 3. The van der Waals surface area contributed by atoms with Gasteiger partial charge in [0.2, 0.25) is 11.7 Å². The molecule has 0 N–H and O–H groups in total. The Bertz CT molecular complexity index is 782. The molecular weight excluding hydrogens is 294 g/mol. The van der Waals surface area contributed by atoms with Crippen LogP contribution in [-0.4, -0.2) is 28.7 Å². The van der Waals surface area contributed by atoms with E-state index in [1.807, 2.05) is 18.2 Å². The molecule has 3 aromatic rings. The SMILES string of the molecule is COc1cccc([C@@H]2CCN2Cc2nc(-c3ccco3)no2)c1. The molecule has 0 bridgehead atoms. The van der Waals surface area contributed by atoms with Gasteiger partial charge in [0.1, 0.15) is 5.75 Å². The van der Waals surface area contributed by atoms with Crippen molar-refractivity contribution in [3.05, 3.63) is 54.1 Å². The molecule has 3 heterocycles. The number of hydrogen-bond donors (Lipinski definition) is 0. The Morgan fingerprint density at radius 1 is 1.30 bits per heavy atom. The molecule has 0 saturated carbocycles. The number of likely N-dealkylation sites (tertiary alicyclic amines) is 1. The van der Waals surface area contributed by atoms with Gasteiger partial charge < -0.3 is 13.7 Å². The van der Waals surface area contributed by atoms with Crippen LogP contribution in [0.1, 0.15) is 23.9 Å². The second kappa shape index (κ2) is 5.89. The van der Waals surface area contributed by atoms with Crippen LogP contribution in [0.2, 0.25) is 0 Å². The molecule has 1 aromatic carbocycles. The smallest absolute Gasteiger partial charge is 0.241 e. The molecule has 0 aliphatic carbocycles. The zero-order valence-corrected chi connectivity index (χ0v) is 12.8. The number of ether oxygens (including phenoxy) is 1. The quantitative estimate of drug-likeness (QED) is 0.720. The molecule has 2 aromatic heterocycles. The lowest BCUT2D eigenvalue weighted by molar-refractivity contribution is 0.0689. The van der Waals surface area contributed by atoms with E-state index in [0.717, 1.165) is 18.7 Å². The molecule has 1 fully saturated rings. The van der Waals surface area contributed by atoms with E-state index in [1.165, 1.54) is 5.56 Å². The Balaban J connectivity index is 1.47. The summed E-state index contributed by atoms with van der Waals surface area (Å²) in [7, 11) is 1.69. The fraction of sp³-hybridized carbons (Fsp3) is 0.294. The minimum absolute atomic E-state index is 0.365. The summed E-state index contributed by atoms with van der Waals surface area (Å²) in [6.45, 7) is 1.65. The first-order valence-electron chi connectivity index (χ1n) is 7.58. The normalized spacial score (nSPS) is 17.9. The summed E-state index contributed by atoms with van der Waals surface area (Å²) in [6, 6.07) is 12.2. The third kappa shape index (κ3) is 2.73. The summed E-state index contributed by atoms with van der Waals surface area (Å²) in [4.78, 5) is 6.71. The van der Waals surface area contributed by atoms with Crippen molar-refractivity contribution in [2.45, 2.75) is 19.0 Å². The van der Waals surface area contributed by atoms with Crippen LogP contribution in [0.5, 0.6) is 5.75 Å². The van der Waals surface area contributed by atoms with E-state index >= 15 is 0 Å².